The number of anilines is 1. The normalized spacial score (nSPS) is 25.3. The molecule has 0 aliphatic carbocycles. The number of hydrogen-bond acceptors (Lipinski definition) is 4. The standard InChI is InChI=1S/C19H29N3O2/c1-12-10-22(4)11-13(12)7-8-21-18(23)14-5-6-16(20)17-15(14)9-19(2,3)24-17/h5-6,12-13H,7-11,20H2,1-4H3,(H,21,23). The molecule has 1 aromatic carbocycles. The number of nitrogens with two attached hydrogens (primary N) is 1. The molecule has 0 bridgehead atoms. The lowest BCUT2D eigenvalue weighted by Gasteiger charge is -2.17. The minimum Gasteiger partial charge on any atom is -0.485 e. The van der Waals surface area contributed by atoms with Crippen LogP contribution < -0.4 is 15.8 Å². The van der Waals surface area contributed by atoms with Gasteiger partial charge in [-0.3, -0.25) is 4.79 Å². The van der Waals surface area contributed by atoms with Crippen molar-refractivity contribution in [2.24, 2.45) is 11.8 Å². The fourth-order valence-electron chi connectivity index (χ4n) is 4.03. The maximum atomic E-state index is 12.6. The van der Waals surface area contributed by atoms with Crippen LogP contribution in [0.15, 0.2) is 12.1 Å². The van der Waals surface area contributed by atoms with E-state index in [1.54, 1.807) is 6.07 Å². The maximum absolute atomic E-state index is 12.6. The van der Waals surface area contributed by atoms with Gasteiger partial charge in [0.25, 0.3) is 5.91 Å². The summed E-state index contributed by atoms with van der Waals surface area (Å²) in [6.45, 7) is 9.32. The van der Waals surface area contributed by atoms with E-state index in [0.29, 0.717) is 41.8 Å². The van der Waals surface area contributed by atoms with Crippen molar-refractivity contribution >= 4 is 11.6 Å². The van der Waals surface area contributed by atoms with Gasteiger partial charge in [-0.25, -0.2) is 0 Å². The number of ether oxygens (including phenoxy) is 1. The quantitative estimate of drug-likeness (QED) is 0.831. The third-order valence-electron chi connectivity index (χ3n) is 5.27. The summed E-state index contributed by atoms with van der Waals surface area (Å²) in [7, 11) is 2.16. The van der Waals surface area contributed by atoms with Crippen molar-refractivity contribution in [3.8, 4) is 5.75 Å². The van der Waals surface area contributed by atoms with E-state index in [0.717, 1.165) is 25.1 Å². The number of benzene rings is 1. The number of carbonyl (C=O) groups is 1. The van der Waals surface area contributed by atoms with Crippen molar-refractivity contribution < 1.29 is 9.53 Å². The molecule has 2 heterocycles. The summed E-state index contributed by atoms with van der Waals surface area (Å²) >= 11 is 0. The summed E-state index contributed by atoms with van der Waals surface area (Å²) in [5.41, 5.74) is 7.94. The topological polar surface area (TPSA) is 67.6 Å². The summed E-state index contributed by atoms with van der Waals surface area (Å²) in [4.78, 5) is 15.0. The van der Waals surface area contributed by atoms with E-state index in [2.05, 4.69) is 24.2 Å². The molecule has 2 atom stereocenters. The zero-order valence-corrected chi connectivity index (χ0v) is 15.2. The van der Waals surface area contributed by atoms with Gasteiger partial charge in [0.15, 0.2) is 0 Å². The largest absolute Gasteiger partial charge is 0.485 e. The molecule has 1 saturated heterocycles. The first-order chi connectivity index (χ1) is 11.3. The molecule has 24 heavy (non-hydrogen) atoms. The van der Waals surface area contributed by atoms with Gasteiger partial charge < -0.3 is 20.7 Å². The molecule has 3 N–H and O–H groups in total. The smallest absolute Gasteiger partial charge is 0.251 e. The van der Waals surface area contributed by atoms with Crippen molar-refractivity contribution in [1.29, 1.82) is 0 Å². The highest BCUT2D eigenvalue weighted by atomic mass is 16.5. The number of nitrogens with one attached hydrogen (secondary N) is 1. The van der Waals surface area contributed by atoms with Crippen LogP contribution in [0.3, 0.4) is 0 Å². The Balaban J connectivity index is 1.64. The fourth-order valence-corrected chi connectivity index (χ4v) is 4.03. The summed E-state index contributed by atoms with van der Waals surface area (Å²) in [6.07, 6.45) is 1.73. The van der Waals surface area contributed by atoms with Gasteiger partial charge >= 0.3 is 0 Å². The Morgan fingerprint density at radius 1 is 1.42 bits per heavy atom. The van der Waals surface area contributed by atoms with E-state index in [4.69, 9.17) is 10.5 Å². The molecule has 0 saturated carbocycles. The van der Waals surface area contributed by atoms with E-state index in [9.17, 15) is 4.79 Å². The first kappa shape index (κ1) is 17.1. The molecule has 1 amide bonds. The SMILES string of the molecule is CC1CN(C)CC1CCNC(=O)c1ccc(N)c2c1CC(C)(C)O2. The Kier molecular flexibility index (Phi) is 4.47. The highest BCUT2D eigenvalue weighted by molar-refractivity contribution is 5.97. The lowest BCUT2D eigenvalue weighted by molar-refractivity contribution is 0.0950. The molecule has 2 unspecified atom stereocenters. The first-order valence-corrected chi connectivity index (χ1v) is 8.84. The van der Waals surface area contributed by atoms with Crippen LogP contribution in [0.1, 0.15) is 43.1 Å². The second-order valence-corrected chi connectivity index (χ2v) is 8.05. The maximum Gasteiger partial charge on any atom is 0.251 e. The molecule has 5 heteroatoms. The summed E-state index contributed by atoms with van der Waals surface area (Å²) in [6, 6.07) is 3.59. The molecule has 0 spiro atoms. The van der Waals surface area contributed by atoms with Crippen molar-refractivity contribution in [3.05, 3.63) is 23.3 Å². The molecule has 1 fully saturated rings. The van der Waals surface area contributed by atoms with Crippen molar-refractivity contribution in [2.45, 2.75) is 39.2 Å². The predicted octanol–water partition coefficient (Wildman–Crippen LogP) is 2.30. The average Bonchev–Trinajstić information content (AvgIpc) is 2.98. The van der Waals surface area contributed by atoms with Crippen LogP contribution >= 0.6 is 0 Å². The highest BCUT2D eigenvalue weighted by Gasteiger charge is 2.35. The number of fused-ring (bicyclic) bond motifs is 1. The summed E-state index contributed by atoms with van der Waals surface area (Å²) < 4.78 is 5.92. The number of amides is 1. The third-order valence-corrected chi connectivity index (χ3v) is 5.27. The molecule has 132 valence electrons. The number of rotatable bonds is 4. The Hall–Kier alpha value is -1.75. The molecule has 0 aromatic heterocycles. The second kappa shape index (κ2) is 6.28. The average molecular weight is 331 g/mol. The molecule has 0 radical (unpaired) electrons. The van der Waals surface area contributed by atoms with Gasteiger partial charge in [-0.15, -0.1) is 0 Å². The Morgan fingerprint density at radius 2 is 2.17 bits per heavy atom. The highest BCUT2D eigenvalue weighted by Crippen LogP contribution is 2.41. The zero-order chi connectivity index (χ0) is 17.5. The number of likely N-dealkylation sites (tertiary alicyclic amines) is 1. The lowest BCUT2D eigenvalue weighted by Crippen LogP contribution is -2.28. The van der Waals surface area contributed by atoms with Crippen molar-refractivity contribution in [3.63, 3.8) is 0 Å². The third kappa shape index (κ3) is 3.36. The molecule has 1 aromatic rings. The Morgan fingerprint density at radius 3 is 2.83 bits per heavy atom. The van der Waals surface area contributed by atoms with Crippen LogP contribution in [0, 0.1) is 11.8 Å². The van der Waals surface area contributed by atoms with Gasteiger partial charge in [0, 0.05) is 37.2 Å². The molecule has 2 aliphatic heterocycles. The molecule has 2 aliphatic rings. The Bertz CT molecular complexity index is 642. The van der Waals surface area contributed by atoms with Gasteiger partial charge in [-0.05, 0) is 51.3 Å². The summed E-state index contributed by atoms with van der Waals surface area (Å²) in [5.74, 6) is 2.02. The number of nitrogen functional groups attached to an aromatic ring is 1. The van der Waals surface area contributed by atoms with Crippen molar-refractivity contribution in [2.75, 3.05) is 32.4 Å². The molecule has 5 nitrogen and oxygen atoms in total. The first-order valence-electron chi connectivity index (χ1n) is 8.84. The van der Waals surface area contributed by atoms with E-state index in [1.165, 1.54) is 0 Å². The van der Waals surface area contributed by atoms with Crippen LogP contribution in [0.2, 0.25) is 0 Å². The van der Waals surface area contributed by atoms with Gasteiger partial charge in [0.05, 0.1) is 5.69 Å². The minimum absolute atomic E-state index is 0.0217. The molecular weight excluding hydrogens is 302 g/mol. The predicted molar refractivity (Wildman–Crippen MR) is 96.4 cm³/mol. The molecular formula is C19H29N3O2. The van der Waals surface area contributed by atoms with Crippen LogP contribution in [0.4, 0.5) is 5.69 Å². The summed E-state index contributed by atoms with van der Waals surface area (Å²) in [5, 5.41) is 3.08. The Labute approximate surface area is 144 Å². The van der Waals surface area contributed by atoms with Crippen LogP contribution in [0.25, 0.3) is 0 Å². The van der Waals surface area contributed by atoms with E-state index >= 15 is 0 Å². The number of carbonyl (C=O) groups excluding carboxylic acids is 1. The van der Waals surface area contributed by atoms with Gasteiger partial charge in [0.1, 0.15) is 11.4 Å². The lowest BCUT2D eigenvalue weighted by atomic mass is 9.94. The van der Waals surface area contributed by atoms with Crippen LogP contribution in [0.5, 0.6) is 5.75 Å². The molecule has 3 rings (SSSR count). The fraction of sp³-hybridized carbons (Fsp3) is 0.632. The van der Waals surface area contributed by atoms with Gasteiger partial charge in [0.2, 0.25) is 0 Å². The number of hydrogen-bond donors (Lipinski definition) is 2. The van der Waals surface area contributed by atoms with Crippen LogP contribution in [-0.2, 0) is 6.42 Å². The van der Waals surface area contributed by atoms with E-state index < -0.39 is 0 Å². The van der Waals surface area contributed by atoms with Gasteiger partial charge in [-0.2, -0.15) is 0 Å². The van der Waals surface area contributed by atoms with Crippen molar-refractivity contribution in [1.82, 2.24) is 10.2 Å². The minimum atomic E-state index is -0.309. The van der Waals surface area contributed by atoms with Gasteiger partial charge in [-0.1, -0.05) is 6.92 Å². The monoisotopic (exact) mass is 331 g/mol. The second-order valence-electron chi connectivity index (χ2n) is 8.05. The van der Waals surface area contributed by atoms with E-state index in [1.807, 2.05) is 19.9 Å². The zero-order valence-electron chi connectivity index (χ0n) is 15.2. The number of nitrogens with zero attached hydrogens (tertiary/aromatic N) is 1. The van der Waals surface area contributed by atoms with Crippen LogP contribution in [-0.4, -0.2) is 43.1 Å². The van der Waals surface area contributed by atoms with E-state index in [-0.39, 0.29) is 11.5 Å².